The number of fused-ring (bicyclic) bond motifs is 1. The summed E-state index contributed by atoms with van der Waals surface area (Å²) in [6.45, 7) is 3.93. The van der Waals surface area contributed by atoms with Crippen LogP contribution < -0.4 is 19.1 Å². The van der Waals surface area contributed by atoms with E-state index in [1.165, 1.54) is 12.0 Å². The number of aryl methyl sites for hydroxylation is 2. The zero-order chi connectivity index (χ0) is 24.0. The second kappa shape index (κ2) is 8.26. The lowest BCUT2D eigenvalue weighted by atomic mass is 9.94. The highest BCUT2D eigenvalue weighted by Crippen LogP contribution is 2.46. The number of anilines is 1. The molecular weight excluding hydrogens is 434 g/mol. The maximum Gasteiger partial charge on any atom is 0.300 e. The van der Waals surface area contributed by atoms with Crippen LogP contribution >= 0.6 is 0 Å². The first kappa shape index (κ1) is 21.6. The molecule has 0 aromatic heterocycles. The van der Waals surface area contributed by atoms with Crippen molar-refractivity contribution in [3.05, 3.63) is 88.5 Å². The van der Waals surface area contributed by atoms with Crippen LogP contribution in [0.2, 0.25) is 0 Å². The third-order valence-corrected chi connectivity index (χ3v) is 6.14. The van der Waals surface area contributed by atoms with Crippen molar-refractivity contribution in [3.63, 3.8) is 0 Å². The van der Waals surface area contributed by atoms with Gasteiger partial charge >= 0.3 is 0 Å². The number of nitrogens with zero attached hydrogens (tertiary/aromatic N) is 1. The molecule has 5 rings (SSSR count). The van der Waals surface area contributed by atoms with Crippen molar-refractivity contribution < 1.29 is 28.9 Å². The van der Waals surface area contributed by atoms with Gasteiger partial charge in [0, 0.05) is 16.8 Å². The van der Waals surface area contributed by atoms with Crippen molar-refractivity contribution in [1.82, 2.24) is 0 Å². The molecule has 0 spiro atoms. The monoisotopic (exact) mass is 457 g/mol. The summed E-state index contributed by atoms with van der Waals surface area (Å²) in [5.74, 6) is -0.271. The molecule has 7 nitrogen and oxygen atoms in total. The van der Waals surface area contributed by atoms with Crippen molar-refractivity contribution in [2.75, 3.05) is 18.8 Å². The molecule has 172 valence electrons. The number of Topliss-reactive ketones (excluding diaryl/α,β-unsaturated/α-hetero) is 1. The van der Waals surface area contributed by atoms with Gasteiger partial charge in [0.05, 0.1) is 18.7 Å². The van der Waals surface area contributed by atoms with Crippen LogP contribution in [0.15, 0.2) is 66.2 Å². The standard InChI is InChI=1S/C27H23NO6/c1-15-8-10-19(16(2)12-15)28-24(18-6-4-5-7-20(18)32-3)23(26(30)27(28)31)25(29)17-9-11-21-22(13-17)34-14-33-21/h4-13,24,29H,14H2,1-3H3/b25-23+. The number of benzene rings is 3. The van der Waals surface area contributed by atoms with E-state index in [0.29, 0.717) is 34.1 Å². The van der Waals surface area contributed by atoms with Crippen molar-refractivity contribution in [1.29, 1.82) is 0 Å². The highest BCUT2D eigenvalue weighted by atomic mass is 16.7. The van der Waals surface area contributed by atoms with Gasteiger partial charge in [-0.25, -0.2) is 0 Å². The summed E-state index contributed by atoms with van der Waals surface area (Å²) in [5.41, 5.74) is 3.38. The SMILES string of the molecule is COc1ccccc1C1/C(=C(\O)c2ccc3c(c2)OCO3)C(=O)C(=O)N1c1ccc(C)cc1C. The lowest BCUT2D eigenvalue weighted by molar-refractivity contribution is -0.132. The second-order valence-corrected chi connectivity index (χ2v) is 8.27. The summed E-state index contributed by atoms with van der Waals surface area (Å²) in [7, 11) is 1.53. The molecule has 1 amide bonds. The van der Waals surface area contributed by atoms with E-state index in [1.807, 2.05) is 38.1 Å². The summed E-state index contributed by atoms with van der Waals surface area (Å²) in [4.78, 5) is 28.2. The molecule has 1 fully saturated rings. The van der Waals surface area contributed by atoms with Gasteiger partial charge in [-0.3, -0.25) is 14.5 Å². The molecule has 1 atom stereocenters. The van der Waals surface area contributed by atoms with Crippen LogP contribution in [-0.4, -0.2) is 30.7 Å². The number of hydrogen-bond acceptors (Lipinski definition) is 6. The van der Waals surface area contributed by atoms with Crippen LogP contribution in [0, 0.1) is 13.8 Å². The van der Waals surface area contributed by atoms with Crippen molar-refractivity contribution in [2.45, 2.75) is 19.9 Å². The minimum Gasteiger partial charge on any atom is -0.507 e. The minimum atomic E-state index is -0.886. The quantitative estimate of drug-likeness (QED) is 0.348. The van der Waals surface area contributed by atoms with Crippen LogP contribution in [0.3, 0.4) is 0 Å². The molecule has 0 bridgehead atoms. The normalized spacial score (nSPS) is 18.4. The first-order valence-electron chi connectivity index (χ1n) is 10.8. The van der Waals surface area contributed by atoms with Crippen LogP contribution in [0.5, 0.6) is 17.2 Å². The number of hydrogen-bond donors (Lipinski definition) is 1. The summed E-state index contributed by atoms with van der Waals surface area (Å²) in [6, 6.07) is 16.8. The fourth-order valence-corrected chi connectivity index (χ4v) is 4.54. The van der Waals surface area contributed by atoms with Gasteiger partial charge in [-0.05, 0) is 49.7 Å². The molecule has 34 heavy (non-hydrogen) atoms. The maximum atomic E-state index is 13.4. The first-order chi connectivity index (χ1) is 16.4. The largest absolute Gasteiger partial charge is 0.507 e. The average Bonchev–Trinajstić information content (AvgIpc) is 3.41. The molecule has 0 saturated carbocycles. The molecular formula is C27H23NO6. The van der Waals surface area contributed by atoms with Crippen LogP contribution in [0.25, 0.3) is 5.76 Å². The third-order valence-electron chi connectivity index (χ3n) is 6.14. The summed E-state index contributed by atoms with van der Waals surface area (Å²) < 4.78 is 16.3. The molecule has 2 heterocycles. The third kappa shape index (κ3) is 3.37. The minimum absolute atomic E-state index is 0.0201. The number of aliphatic hydroxyl groups is 1. The predicted molar refractivity (Wildman–Crippen MR) is 126 cm³/mol. The van der Waals surface area contributed by atoms with Gasteiger partial charge < -0.3 is 19.3 Å². The molecule has 3 aromatic carbocycles. The number of aliphatic hydroxyl groups excluding tert-OH is 1. The fraction of sp³-hybridized carbons (Fsp3) is 0.185. The number of carbonyl (C=O) groups is 2. The van der Waals surface area contributed by atoms with E-state index < -0.39 is 17.7 Å². The molecule has 2 aliphatic heterocycles. The molecule has 3 aromatic rings. The number of ether oxygens (including phenoxy) is 3. The van der Waals surface area contributed by atoms with Gasteiger partial charge in [0.25, 0.3) is 11.7 Å². The zero-order valence-electron chi connectivity index (χ0n) is 19.0. The molecule has 7 heteroatoms. The van der Waals surface area contributed by atoms with Gasteiger partial charge in [-0.15, -0.1) is 0 Å². The van der Waals surface area contributed by atoms with Gasteiger partial charge in [0.1, 0.15) is 11.5 Å². The molecule has 1 N–H and O–H groups in total. The highest BCUT2D eigenvalue weighted by Gasteiger charge is 2.48. The Morgan fingerprint density at radius 2 is 1.76 bits per heavy atom. The van der Waals surface area contributed by atoms with Gasteiger partial charge in [-0.1, -0.05) is 35.9 Å². The number of ketones is 1. The van der Waals surface area contributed by atoms with Gasteiger partial charge in [0.2, 0.25) is 6.79 Å². The lowest BCUT2D eigenvalue weighted by Crippen LogP contribution is -2.30. The molecule has 0 radical (unpaired) electrons. The number of amides is 1. The second-order valence-electron chi connectivity index (χ2n) is 8.27. The van der Waals surface area contributed by atoms with E-state index in [4.69, 9.17) is 14.2 Å². The van der Waals surface area contributed by atoms with E-state index in [0.717, 1.165) is 11.1 Å². The Bertz CT molecular complexity index is 1360. The van der Waals surface area contributed by atoms with Crippen molar-refractivity contribution >= 4 is 23.1 Å². The van der Waals surface area contributed by atoms with E-state index in [9.17, 15) is 14.7 Å². The van der Waals surface area contributed by atoms with E-state index in [1.54, 1.807) is 36.4 Å². The summed E-state index contributed by atoms with van der Waals surface area (Å²) in [6.07, 6.45) is 0. The molecule has 0 aliphatic carbocycles. The van der Waals surface area contributed by atoms with E-state index in [2.05, 4.69) is 0 Å². The van der Waals surface area contributed by atoms with Crippen molar-refractivity contribution in [3.8, 4) is 17.2 Å². The smallest absolute Gasteiger partial charge is 0.300 e. The predicted octanol–water partition coefficient (Wildman–Crippen LogP) is 4.67. The summed E-state index contributed by atoms with van der Waals surface area (Å²) >= 11 is 0. The fourth-order valence-electron chi connectivity index (χ4n) is 4.54. The zero-order valence-corrected chi connectivity index (χ0v) is 19.0. The van der Waals surface area contributed by atoms with Crippen LogP contribution in [0.1, 0.15) is 28.3 Å². The van der Waals surface area contributed by atoms with Crippen LogP contribution in [0.4, 0.5) is 5.69 Å². The Morgan fingerprint density at radius 3 is 2.53 bits per heavy atom. The Hall–Kier alpha value is -4.26. The highest BCUT2D eigenvalue weighted by molar-refractivity contribution is 6.51. The molecule has 1 saturated heterocycles. The Kier molecular flexibility index (Phi) is 5.24. The molecule has 1 unspecified atom stereocenters. The number of rotatable bonds is 4. The maximum absolute atomic E-state index is 13.4. The number of carbonyl (C=O) groups excluding carboxylic acids is 2. The Morgan fingerprint density at radius 1 is 1.00 bits per heavy atom. The van der Waals surface area contributed by atoms with E-state index >= 15 is 0 Å². The van der Waals surface area contributed by atoms with Crippen molar-refractivity contribution in [2.24, 2.45) is 0 Å². The van der Waals surface area contributed by atoms with E-state index in [-0.39, 0.29) is 18.1 Å². The summed E-state index contributed by atoms with van der Waals surface area (Å²) in [5, 5.41) is 11.4. The lowest BCUT2D eigenvalue weighted by Gasteiger charge is -2.28. The first-order valence-corrected chi connectivity index (χ1v) is 10.8. The number of methoxy groups -OCH3 is 1. The topological polar surface area (TPSA) is 85.3 Å². The Balaban J connectivity index is 1.75. The van der Waals surface area contributed by atoms with Gasteiger partial charge in [0.15, 0.2) is 11.5 Å². The van der Waals surface area contributed by atoms with Crippen LogP contribution in [-0.2, 0) is 9.59 Å². The molecule has 2 aliphatic rings. The van der Waals surface area contributed by atoms with Gasteiger partial charge in [-0.2, -0.15) is 0 Å². The number of para-hydroxylation sites is 1. The average molecular weight is 457 g/mol. The Labute approximate surface area is 196 Å².